The van der Waals surface area contributed by atoms with Crippen molar-refractivity contribution in [1.82, 2.24) is 10.2 Å². The Hall–Kier alpha value is -2.27. The number of rotatable bonds is 7. The van der Waals surface area contributed by atoms with Crippen LogP contribution in [0.1, 0.15) is 41.8 Å². The summed E-state index contributed by atoms with van der Waals surface area (Å²) in [5, 5.41) is 2.97. The Balaban J connectivity index is 1.98. The predicted molar refractivity (Wildman–Crippen MR) is 94.4 cm³/mol. The molecular weight excluding hydrogens is 304 g/mol. The van der Waals surface area contributed by atoms with E-state index < -0.39 is 0 Å². The molecule has 0 radical (unpaired) electrons. The monoisotopic (exact) mass is 330 g/mol. The van der Waals surface area contributed by atoms with Crippen LogP contribution in [0.25, 0.3) is 0 Å². The minimum Gasteiger partial charge on any atom is -0.491 e. The SMILES string of the molecule is Cc1ccc([C@@H](CNC(=O)c2ccc(OC(C)C)cc2)N(C)C)o1. The van der Waals surface area contributed by atoms with Crippen molar-refractivity contribution in [3.05, 3.63) is 53.5 Å². The maximum atomic E-state index is 12.3. The number of carbonyl (C=O) groups is 1. The molecule has 5 heteroatoms. The number of benzene rings is 1. The number of aryl methyl sites for hydroxylation is 1. The Kier molecular flexibility index (Phi) is 6.04. The van der Waals surface area contributed by atoms with Crippen molar-refractivity contribution in [2.45, 2.75) is 32.9 Å². The Morgan fingerprint density at radius 1 is 1.17 bits per heavy atom. The minimum atomic E-state index is -0.110. The van der Waals surface area contributed by atoms with Crippen molar-refractivity contribution in [1.29, 1.82) is 0 Å². The molecule has 2 aromatic rings. The predicted octanol–water partition coefficient (Wildman–Crippen LogP) is 3.41. The maximum Gasteiger partial charge on any atom is 0.251 e. The smallest absolute Gasteiger partial charge is 0.251 e. The highest BCUT2D eigenvalue weighted by Crippen LogP contribution is 2.20. The molecule has 0 unspecified atom stereocenters. The molecule has 24 heavy (non-hydrogen) atoms. The van der Waals surface area contributed by atoms with Crippen molar-refractivity contribution in [3.8, 4) is 5.75 Å². The molecule has 1 heterocycles. The molecule has 5 nitrogen and oxygen atoms in total. The van der Waals surface area contributed by atoms with E-state index in [1.54, 1.807) is 12.1 Å². The third kappa shape index (κ3) is 4.86. The molecule has 1 atom stereocenters. The summed E-state index contributed by atoms with van der Waals surface area (Å²) >= 11 is 0. The lowest BCUT2D eigenvalue weighted by molar-refractivity contribution is 0.0939. The molecule has 1 N–H and O–H groups in total. The molecule has 0 aliphatic heterocycles. The minimum absolute atomic E-state index is 0.00815. The average molecular weight is 330 g/mol. The van der Waals surface area contributed by atoms with Gasteiger partial charge < -0.3 is 14.5 Å². The third-order valence-electron chi connectivity index (χ3n) is 3.66. The van der Waals surface area contributed by atoms with Crippen molar-refractivity contribution in [2.24, 2.45) is 0 Å². The van der Waals surface area contributed by atoms with Crippen LogP contribution in [-0.4, -0.2) is 37.6 Å². The summed E-state index contributed by atoms with van der Waals surface area (Å²) in [7, 11) is 3.93. The Bertz CT molecular complexity index is 660. The summed E-state index contributed by atoms with van der Waals surface area (Å²) in [6, 6.07) is 11.0. The molecule has 0 fully saturated rings. The second-order valence-corrected chi connectivity index (χ2v) is 6.33. The lowest BCUT2D eigenvalue weighted by atomic mass is 10.1. The summed E-state index contributed by atoms with van der Waals surface area (Å²) in [4.78, 5) is 14.4. The number of hydrogen-bond donors (Lipinski definition) is 1. The fourth-order valence-electron chi connectivity index (χ4n) is 2.42. The van der Waals surface area contributed by atoms with Crippen LogP contribution < -0.4 is 10.1 Å². The number of nitrogens with one attached hydrogen (secondary N) is 1. The number of nitrogens with zero attached hydrogens (tertiary/aromatic N) is 1. The quantitative estimate of drug-likeness (QED) is 0.845. The van der Waals surface area contributed by atoms with Crippen LogP contribution in [0.4, 0.5) is 0 Å². The van der Waals surface area contributed by atoms with Crippen LogP contribution in [0.5, 0.6) is 5.75 Å². The van der Waals surface area contributed by atoms with E-state index in [0.717, 1.165) is 17.3 Å². The molecule has 1 aromatic heterocycles. The van der Waals surface area contributed by atoms with Gasteiger partial charge in [-0.05, 0) is 71.3 Å². The van der Waals surface area contributed by atoms with E-state index in [-0.39, 0.29) is 18.1 Å². The van der Waals surface area contributed by atoms with Gasteiger partial charge in [0.2, 0.25) is 0 Å². The van der Waals surface area contributed by atoms with E-state index in [1.807, 2.05) is 64.0 Å². The highest BCUT2D eigenvalue weighted by molar-refractivity contribution is 5.94. The lowest BCUT2D eigenvalue weighted by Crippen LogP contribution is -2.34. The first-order valence-electron chi connectivity index (χ1n) is 8.14. The van der Waals surface area contributed by atoms with Crippen molar-refractivity contribution < 1.29 is 13.9 Å². The largest absolute Gasteiger partial charge is 0.491 e. The van der Waals surface area contributed by atoms with Gasteiger partial charge in [0.15, 0.2) is 0 Å². The van der Waals surface area contributed by atoms with Crippen molar-refractivity contribution >= 4 is 5.91 Å². The van der Waals surface area contributed by atoms with Gasteiger partial charge in [-0.2, -0.15) is 0 Å². The highest BCUT2D eigenvalue weighted by atomic mass is 16.5. The third-order valence-corrected chi connectivity index (χ3v) is 3.66. The molecule has 1 amide bonds. The van der Waals surface area contributed by atoms with Gasteiger partial charge in [0.05, 0.1) is 12.1 Å². The summed E-state index contributed by atoms with van der Waals surface area (Å²) in [5.41, 5.74) is 0.610. The summed E-state index contributed by atoms with van der Waals surface area (Å²) in [5.74, 6) is 2.36. The fourth-order valence-corrected chi connectivity index (χ4v) is 2.42. The second-order valence-electron chi connectivity index (χ2n) is 6.33. The van der Waals surface area contributed by atoms with E-state index in [1.165, 1.54) is 0 Å². The molecule has 0 aliphatic rings. The molecule has 0 spiro atoms. The highest BCUT2D eigenvalue weighted by Gasteiger charge is 2.19. The Morgan fingerprint density at radius 3 is 2.33 bits per heavy atom. The summed E-state index contributed by atoms with van der Waals surface area (Å²) in [6.07, 6.45) is 0.113. The van der Waals surface area contributed by atoms with E-state index >= 15 is 0 Å². The van der Waals surface area contributed by atoms with E-state index in [2.05, 4.69) is 5.32 Å². The molecule has 0 saturated carbocycles. The Morgan fingerprint density at radius 2 is 1.83 bits per heavy atom. The zero-order chi connectivity index (χ0) is 17.7. The topological polar surface area (TPSA) is 54.7 Å². The van der Waals surface area contributed by atoms with Gasteiger partial charge in [-0.15, -0.1) is 0 Å². The van der Waals surface area contributed by atoms with E-state index in [9.17, 15) is 4.79 Å². The zero-order valence-corrected chi connectivity index (χ0v) is 15.0. The molecule has 0 aliphatic carbocycles. The maximum absolute atomic E-state index is 12.3. The van der Waals surface area contributed by atoms with Gasteiger partial charge in [0.25, 0.3) is 5.91 Å². The standard InChI is InChI=1S/C19H26N2O3/c1-13(2)23-16-9-7-15(8-10-16)19(22)20-12-17(21(4)5)18-11-6-14(3)24-18/h6-11,13,17H,12H2,1-5H3,(H,20,22)/t17-/m1/s1. The van der Waals surface area contributed by atoms with Crippen LogP contribution in [0.2, 0.25) is 0 Å². The molecule has 130 valence electrons. The van der Waals surface area contributed by atoms with Gasteiger partial charge in [-0.3, -0.25) is 9.69 Å². The second kappa shape index (κ2) is 8.02. The van der Waals surface area contributed by atoms with Crippen LogP contribution in [0.3, 0.4) is 0 Å². The van der Waals surface area contributed by atoms with Crippen molar-refractivity contribution in [2.75, 3.05) is 20.6 Å². The molecule has 0 bridgehead atoms. The zero-order valence-electron chi connectivity index (χ0n) is 15.0. The van der Waals surface area contributed by atoms with Gasteiger partial charge >= 0.3 is 0 Å². The number of ether oxygens (including phenoxy) is 1. The lowest BCUT2D eigenvalue weighted by Gasteiger charge is -2.22. The first kappa shape index (κ1) is 18.1. The van der Waals surface area contributed by atoms with Crippen LogP contribution in [0.15, 0.2) is 40.8 Å². The van der Waals surface area contributed by atoms with E-state index in [4.69, 9.17) is 9.15 Å². The molecule has 1 aromatic carbocycles. The first-order chi connectivity index (χ1) is 11.4. The van der Waals surface area contributed by atoms with Gasteiger partial charge in [0.1, 0.15) is 17.3 Å². The summed E-state index contributed by atoms with van der Waals surface area (Å²) in [6.45, 7) is 6.33. The number of furan rings is 1. The summed E-state index contributed by atoms with van der Waals surface area (Å²) < 4.78 is 11.3. The normalized spacial score (nSPS) is 12.5. The van der Waals surface area contributed by atoms with Crippen LogP contribution in [0, 0.1) is 6.92 Å². The first-order valence-corrected chi connectivity index (χ1v) is 8.14. The number of amides is 1. The number of hydrogen-bond acceptors (Lipinski definition) is 4. The molecule has 2 rings (SSSR count). The van der Waals surface area contributed by atoms with Crippen molar-refractivity contribution in [3.63, 3.8) is 0 Å². The average Bonchev–Trinajstić information content (AvgIpc) is 2.93. The number of carbonyl (C=O) groups excluding carboxylic acids is 1. The number of likely N-dealkylation sites (N-methyl/N-ethyl adjacent to an activating group) is 1. The van der Waals surface area contributed by atoms with Crippen LogP contribution >= 0.6 is 0 Å². The van der Waals surface area contributed by atoms with Crippen LogP contribution in [-0.2, 0) is 0 Å². The van der Waals surface area contributed by atoms with Gasteiger partial charge in [0, 0.05) is 12.1 Å². The molecular formula is C19H26N2O3. The Labute approximate surface area is 143 Å². The fraction of sp³-hybridized carbons (Fsp3) is 0.421. The molecule has 0 saturated heterocycles. The van der Waals surface area contributed by atoms with E-state index in [0.29, 0.717) is 12.1 Å². The van der Waals surface area contributed by atoms with Gasteiger partial charge in [-0.1, -0.05) is 0 Å². The van der Waals surface area contributed by atoms with Gasteiger partial charge in [-0.25, -0.2) is 0 Å².